The molecule has 2 rings (SSSR count). The smallest absolute Gasteiger partial charge is 0.150 e. The van der Waals surface area contributed by atoms with E-state index in [0.29, 0.717) is 0 Å². The van der Waals surface area contributed by atoms with Gasteiger partial charge in [0.25, 0.3) is 0 Å². The van der Waals surface area contributed by atoms with Gasteiger partial charge in [0.2, 0.25) is 0 Å². The summed E-state index contributed by atoms with van der Waals surface area (Å²) in [5.74, 6) is 0. The fraction of sp³-hybridized carbons (Fsp3) is 0.214. The van der Waals surface area contributed by atoms with Gasteiger partial charge in [-0.2, -0.15) is 0 Å². The highest BCUT2D eigenvalue weighted by Crippen LogP contribution is 2.52. The third-order valence-electron chi connectivity index (χ3n) is 3.00. The first-order valence-electron chi connectivity index (χ1n) is 5.34. The summed E-state index contributed by atoms with van der Waals surface area (Å²) in [7, 11) is -0.228. The van der Waals surface area contributed by atoms with E-state index < -0.39 is 0 Å². The van der Waals surface area contributed by atoms with Gasteiger partial charge in [-0.05, 0) is 30.2 Å². The topological polar surface area (TPSA) is 17.1 Å². The van der Waals surface area contributed by atoms with Crippen LogP contribution in [0.3, 0.4) is 0 Å². The Kier molecular flexibility index (Phi) is 3.01. The molecule has 0 aliphatic carbocycles. The standard InChI is InChI=1S/C14H16OS/c1-14(2,16-9-3-4-10-16)13-7-5-12(11-15)6-8-13/h3-11,16H,1-2H3. The number of benzene rings is 1. The molecule has 1 aliphatic rings. The minimum absolute atomic E-state index is 0.139. The molecule has 0 spiro atoms. The molecular weight excluding hydrogens is 216 g/mol. The van der Waals surface area contributed by atoms with Crippen molar-refractivity contribution in [3.63, 3.8) is 0 Å². The van der Waals surface area contributed by atoms with Crippen molar-refractivity contribution in [1.29, 1.82) is 0 Å². The maximum atomic E-state index is 10.6. The summed E-state index contributed by atoms with van der Waals surface area (Å²) in [6, 6.07) is 7.91. The number of hydrogen-bond acceptors (Lipinski definition) is 1. The number of thiol groups is 1. The summed E-state index contributed by atoms with van der Waals surface area (Å²) >= 11 is 0. The van der Waals surface area contributed by atoms with Gasteiger partial charge in [-0.15, -0.1) is 0 Å². The molecule has 0 saturated carbocycles. The molecule has 0 bridgehead atoms. The molecule has 1 nitrogen and oxygen atoms in total. The predicted octanol–water partition coefficient (Wildman–Crippen LogP) is 3.78. The number of aldehydes is 1. The van der Waals surface area contributed by atoms with Crippen molar-refractivity contribution < 1.29 is 4.79 Å². The number of rotatable bonds is 3. The second-order valence-corrected chi connectivity index (χ2v) is 6.92. The van der Waals surface area contributed by atoms with E-state index >= 15 is 0 Å². The molecule has 0 radical (unpaired) electrons. The molecule has 0 fully saturated rings. The molecule has 0 saturated heterocycles. The number of carbonyl (C=O) groups excluding carboxylic acids is 1. The Labute approximate surface area is 99.2 Å². The Balaban J connectivity index is 2.31. The van der Waals surface area contributed by atoms with Crippen molar-refractivity contribution in [3.8, 4) is 0 Å². The average molecular weight is 232 g/mol. The molecule has 1 aromatic carbocycles. The van der Waals surface area contributed by atoms with E-state index in [1.807, 2.05) is 12.1 Å². The van der Waals surface area contributed by atoms with Crippen LogP contribution in [0, 0.1) is 0 Å². The predicted molar refractivity (Wildman–Crippen MR) is 72.1 cm³/mol. The minimum Gasteiger partial charge on any atom is -0.298 e. The maximum Gasteiger partial charge on any atom is 0.150 e. The van der Waals surface area contributed by atoms with E-state index in [0.717, 1.165) is 11.8 Å². The van der Waals surface area contributed by atoms with Gasteiger partial charge in [0.1, 0.15) is 6.29 Å². The molecule has 1 aliphatic heterocycles. The Hall–Kier alpha value is -1.28. The third kappa shape index (κ3) is 1.98. The lowest BCUT2D eigenvalue weighted by molar-refractivity contribution is 0.112. The molecular formula is C14H16OS. The van der Waals surface area contributed by atoms with Gasteiger partial charge >= 0.3 is 0 Å². The van der Waals surface area contributed by atoms with Gasteiger partial charge in [-0.25, -0.2) is 10.9 Å². The molecule has 1 heterocycles. The van der Waals surface area contributed by atoms with Crippen molar-refractivity contribution in [3.05, 3.63) is 58.4 Å². The largest absolute Gasteiger partial charge is 0.298 e. The lowest BCUT2D eigenvalue weighted by Gasteiger charge is -2.33. The molecule has 0 unspecified atom stereocenters. The second kappa shape index (κ2) is 4.30. The first kappa shape index (κ1) is 11.2. The number of allylic oxidation sites excluding steroid dienone is 2. The summed E-state index contributed by atoms with van der Waals surface area (Å²) in [6.45, 7) is 4.52. The molecule has 0 atom stereocenters. The van der Waals surface area contributed by atoms with Gasteiger partial charge in [0.05, 0.1) is 0 Å². The summed E-state index contributed by atoms with van der Waals surface area (Å²) in [5.41, 5.74) is 2.03. The van der Waals surface area contributed by atoms with Crippen LogP contribution in [0.1, 0.15) is 29.8 Å². The molecule has 0 aromatic heterocycles. The molecule has 1 aromatic rings. The van der Waals surface area contributed by atoms with Crippen molar-refractivity contribution in [2.75, 3.05) is 0 Å². The van der Waals surface area contributed by atoms with E-state index in [-0.39, 0.29) is 15.6 Å². The van der Waals surface area contributed by atoms with Gasteiger partial charge in [0, 0.05) is 10.3 Å². The second-order valence-electron chi connectivity index (χ2n) is 4.39. The van der Waals surface area contributed by atoms with E-state index in [1.54, 1.807) is 0 Å². The molecule has 0 N–H and O–H groups in total. The highest BCUT2D eigenvalue weighted by Gasteiger charge is 2.25. The SMILES string of the molecule is CC(C)(c1ccc(C=O)cc1)[SH]1C=CC=C1. The van der Waals surface area contributed by atoms with Crippen molar-refractivity contribution in [2.24, 2.45) is 0 Å². The Bertz CT molecular complexity index is 428. The summed E-state index contributed by atoms with van der Waals surface area (Å²) in [6.07, 6.45) is 5.12. The van der Waals surface area contributed by atoms with Crippen LogP contribution in [0.15, 0.2) is 47.2 Å². The Morgan fingerprint density at radius 3 is 2.12 bits per heavy atom. The Morgan fingerprint density at radius 2 is 1.62 bits per heavy atom. The molecule has 2 heteroatoms. The monoisotopic (exact) mass is 232 g/mol. The van der Waals surface area contributed by atoms with Crippen molar-refractivity contribution in [1.82, 2.24) is 0 Å². The summed E-state index contributed by atoms with van der Waals surface area (Å²) in [4.78, 5) is 10.6. The van der Waals surface area contributed by atoms with E-state index in [1.165, 1.54) is 5.56 Å². The minimum atomic E-state index is -0.228. The van der Waals surface area contributed by atoms with Crippen LogP contribution in [-0.4, -0.2) is 6.29 Å². The zero-order valence-electron chi connectivity index (χ0n) is 9.55. The van der Waals surface area contributed by atoms with Gasteiger partial charge < -0.3 is 0 Å². The molecule has 16 heavy (non-hydrogen) atoms. The van der Waals surface area contributed by atoms with Crippen LogP contribution in [0.2, 0.25) is 0 Å². The quantitative estimate of drug-likeness (QED) is 0.620. The zero-order chi connectivity index (χ0) is 11.6. The lowest BCUT2D eigenvalue weighted by Crippen LogP contribution is -2.14. The van der Waals surface area contributed by atoms with E-state index in [9.17, 15) is 4.79 Å². The number of carbonyl (C=O) groups is 1. The van der Waals surface area contributed by atoms with Crippen LogP contribution in [0.5, 0.6) is 0 Å². The lowest BCUT2D eigenvalue weighted by atomic mass is 10.0. The summed E-state index contributed by atoms with van der Waals surface area (Å²) in [5, 5.41) is 4.56. The van der Waals surface area contributed by atoms with Crippen molar-refractivity contribution >= 4 is 17.2 Å². The summed E-state index contributed by atoms with van der Waals surface area (Å²) < 4.78 is 0.139. The first-order valence-corrected chi connectivity index (χ1v) is 6.82. The van der Waals surface area contributed by atoms with Crippen LogP contribution < -0.4 is 0 Å². The van der Waals surface area contributed by atoms with Gasteiger partial charge in [-0.1, -0.05) is 36.4 Å². The van der Waals surface area contributed by atoms with Gasteiger partial charge in [0.15, 0.2) is 0 Å². The zero-order valence-corrected chi connectivity index (χ0v) is 10.4. The maximum absolute atomic E-state index is 10.6. The molecule has 84 valence electrons. The normalized spacial score (nSPS) is 16.8. The van der Waals surface area contributed by atoms with Crippen molar-refractivity contribution in [2.45, 2.75) is 18.6 Å². The highest BCUT2D eigenvalue weighted by atomic mass is 32.2. The van der Waals surface area contributed by atoms with E-state index in [2.05, 4.69) is 48.9 Å². The van der Waals surface area contributed by atoms with E-state index in [4.69, 9.17) is 0 Å². The van der Waals surface area contributed by atoms with Gasteiger partial charge in [-0.3, -0.25) is 4.79 Å². The van der Waals surface area contributed by atoms with Crippen LogP contribution in [0.4, 0.5) is 0 Å². The fourth-order valence-corrected chi connectivity index (χ4v) is 3.69. The third-order valence-corrected chi connectivity index (χ3v) is 5.54. The molecule has 0 amide bonds. The Morgan fingerprint density at radius 1 is 1.06 bits per heavy atom. The first-order chi connectivity index (χ1) is 7.64. The highest BCUT2D eigenvalue weighted by molar-refractivity contribution is 8.23. The van der Waals surface area contributed by atoms with Crippen LogP contribution in [-0.2, 0) is 4.75 Å². The van der Waals surface area contributed by atoms with Crippen LogP contribution >= 0.6 is 10.9 Å². The average Bonchev–Trinajstić information content (AvgIpc) is 2.83. The number of hydrogen-bond donors (Lipinski definition) is 1. The van der Waals surface area contributed by atoms with Crippen LogP contribution in [0.25, 0.3) is 0 Å². The fourth-order valence-electron chi connectivity index (χ4n) is 1.83.